The van der Waals surface area contributed by atoms with E-state index in [1.165, 1.54) is 36.0 Å². The first-order valence-corrected chi connectivity index (χ1v) is 12.8. The average Bonchev–Trinajstić information content (AvgIpc) is 3.19. The molecule has 3 rings (SSSR count). The Morgan fingerprint density at radius 3 is 2.54 bits per heavy atom. The molecule has 0 spiro atoms. The van der Waals surface area contributed by atoms with Crippen molar-refractivity contribution in [2.45, 2.75) is 45.4 Å². The first-order valence-electron chi connectivity index (χ1n) is 11.4. The number of rotatable bonds is 11. The molecule has 1 amide bonds. The number of aryl methyl sites for hydroxylation is 1. The molecule has 0 saturated carbocycles. The molecule has 2 unspecified atom stereocenters. The highest BCUT2D eigenvalue weighted by atomic mass is 32.2. The summed E-state index contributed by atoms with van der Waals surface area (Å²) in [6, 6.07) is 4.17. The maximum atomic E-state index is 14.1. The normalized spacial score (nSPS) is 17.3. The Balaban J connectivity index is 2.00. The third kappa shape index (κ3) is 6.17. The zero-order valence-electron chi connectivity index (χ0n) is 20.1. The van der Waals surface area contributed by atoms with Crippen LogP contribution in [0.2, 0.25) is 0 Å². The molecule has 2 heterocycles. The van der Waals surface area contributed by atoms with Gasteiger partial charge < -0.3 is 10.6 Å². The maximum absolute atomic E-state index is 14.1. The fraction of sp³-hybridized carbons (Fsp3) is 0.400. The largest absolute Gasteiger partial charge is 0.357 e. The van der Waals surface area contributed by atoms with Gasteiger partial charge in [0.1, 0.15) is 36.1 Å². The maximum Gasteiger partial charge on any atom is 0.230 e. The van der Waals surface area contributed by atoms with Crippen LogP contribution in [0.25, 0.3) is 0 Å². The Labute approximate surface area is 208 Å². The number of halogens is 3. The minimum absolute atomic E-state index is 0.194. The Morgan fingerprint density at radius 1 is 1.20 bits per heavy atom. The van der Waals surface area contributed by atoms with Crippen molar-refractivity contribution in [3.63, 3.8) is 0 Å². The number of carbonyl (C=O) groups is 1. The van der Waals surface area contributed by atoms with E-state index in [0.29, 0.717) is 41.3 Å². The van der Waals surface area contributed by atoms with Crippen LogP contribution in [0.4, 0.5) is 18.9 Å². The van der Waals surface area contributed by atoms with Crippen molar-refractivity contribution in [3.05, 3.63) is 71.2 Å². The van der Waals surface area contributed by atoms with Crippen LogP contribution in [0.1, 0.15) is 37.1 Å². The summed E-state index contributed by atoms with van der Waals surface area (Å²) < 4.78 is 41.4. The van der Waals surface area contributed by atoms with Gasteiger partial charge in [0.05, 0.1) is 17.6 Å². The SMILES string of the molecule is C=C(Nc1c(CF)cc(F)cc1CCC)C1C(NC(=O)CSC)C(c2ccc(F)cn2)=NN1CC. The molecule has 2 N–H and O–H groups in total. The number of pyridine rings is 1. The zero-order valence-corrected chi connectivity index (χ0v) is 20.9. The number of likely N-dealkylation sites (N-methyl/N-ethyl adjacent to an activating group) is 1. The highest BCUT2D eigenvalue weighted by molar-refractivity contribution is 7.99. The predicted octanol–water partition coefficient (Wildman–Crippen LogP) is 4.66. The van der Waals surface area contributed by atoms with Crippen LogP contribution >= 0.6 is 11.8 Å². The number of hydrazone groups is 1. The smallest absolute Gasteiger partial charge is 0.230 e. The number of nitrogens with zero attached hydrogens (tertiary/aromatic N) is 3. The van der Waals surface area contributed by atoms with Crippen LogP contribution in [-0.2, 0) is 17.9 Å². The molecule has 1 aliphatic heterocycles. The molecule has 0 saturated heterocycles. The summed E-state index contributed by atoms with van der Waals surface area (Å²) >= 11 is 1.38. The molecule has 0 aliphatic carbocycles. The van der Waals surface area contributed by atoms with Gasteiger partial charge in [0.15, 0.2) is 0 Å². The molecular formula is C25H30F3N5OS. The number of hydrogen-bond acceptors (Lipinski definition) is 6. The number of hydrogen-bond donors (Lipinski definition) is 2. The monoisotopic (exact) mass is 505 g/mol. The molecule has 10 heteroatoms. The lowest BCUT2D eigenvalue weighted by Gasteiger charge is -2.31. The Morgan fingerprint density at radius 2 is 1.94 bits per heavy atom. The number of benzene rings is 1. The van der Waals surface area contributed by atoms with Crippen molar-refractivity contribution < 1.29 is 18.0 Å². The van der Waals surface area contributed by atoms with E-state index in [-0.39, 0.29) is 17.2 Å². The van der Waals surface area contributed by atoms with Crippen molar-refractivity contribution >= 4 is 29.1 Å². The molecule has 35 heavy (non-hydrogen) atoms. The molecule has 1 aromatic carbocycles. The number of anilines is 1. The standard InChI is InChI=1S/C25H30F3N5OS/c1-5-7-16-10-19(28)11-17(12-26)22(16)30-15(3)25-24(31-21(34)14-35-4)23(32-33(25)6-2)20-9-8-18(27)13-29-20/h8-11,13,24-25,30H,3,5-7,12,14H2,1-2,4H3,(H,31,34). The lowest BCUT2D eigenvalue weighted by Crippen LogP contribution is -2.51. The predicted molar refractivity (Wildman–Crippen MR) is 135 cm³/mol. The molecule has 6 nitrogen and oxygen atoms in total. The van der Waals surface area contributed by atoms with Gasteiger partial charge >= 0.3 is 0 Å². The summed E-state index contributed by atoms with van der Waals surface area (Å²) in [6.45, 7) is 7.69. The Kier molecular flexibility index (Phi) is 9.20. The fourth-order valence-electron chi connectivity index (χ4n) is 4.16. The van der Waals surface area contributed by atoms with Gasteiger partial charge in [-0.3, -0.25) is 14.8 Å². The average molecular weight is 506 g/mol. The van der Waals surface area contributed by atoms with E-state index in [4.69, 9.17) is 0 Å². The van der Waals surface area contributed by atoms with Crippen LogP contribution in [0, 0.1) is 11.6 Å². The van der Waals surface area contributed by atoms with Gasteiger partial charge in [-0.2, -0.15) is 16.9 Å². The number of amides is 1. The van der Waals surface area contributed by atoms with E-state index in [1.54, 1.807) is 5.01 Å². The van der Waals surface area contributed by atoms with Gasteiger partial charge in [0.25, 0.3) is 0 Å². The number of aromatic nitrogens is 1. The van der Waals surface area contributed by atoms with Gasteiger partial charge in [-0.15, -0.1) is 0 Å². The second kappa shape index (κ2) is 12.1. The summed E-state index contributed by atoms with van der Waals surface area (Å²) in [4.78, 5) is 16.8. The molecule has 0 bridgehead atoms. The number of alkyl halides is 1. The van der Waals surface area contributed by atoms with E-state index < -0.39 is 30.4 Å². The molecule has 0 radical (unpaired) electrons. The molecule has 2 atom stereocenters. The highest BCUT2D eigenvalue weighted by Gasteiger charge is 2.41. The van der Waals surface area contributed by atoms with Crippen LogP contribution in [0.15, 0.2) is 47.8 Å². The number of nitrogens with one attached hydrogen (secondary N) is 2. The summed E-state index contributed by atoms with van der Waals surface area (Å²) in [5.41, 5.74) is 2.66. The number of thioether (sulfide) groups is 1. The molecule has 188 valence electrons. The van der Waals surface area contributed by atoms with Crippen molar-refractivity contribution in [3.8, 4) is 0 Å². The van der Waals surface area contributed by atoms with Gasteiger partial charge in [-0.05, 0) is 49.4 Å². The second-order valence-corrected chi connectivity index (χ2v) is 9.02. The Hall–Kier alpha value is -3.01. The van der Waals surface area contributed by atoms with Gasteiger partial charge in [0.2, 0.25) is 5.91 Å². The van der Waals surface area contributed by atoms with E-state index in [0.717, 1.165) is 12.6 Å². The summed E-state index contributed by atoms with van der Waals surface area (Å²) in [5.74, 6) is -0.942. The molecule has 1 aliphatic rings. The van der Waals surface area contributed by atoms with Gasteiger partial charge in [-0.1, -0.05) is 19.9 Å². The molecule has 1 aromatic heterocycles. The molecule has 2 aromatic rings. The van der Waals surface area contributed by atoms with Crippen LogP contribution in [0.5, 0.6) is 0 Å². The Bertz CT molecular complexity index is 1090. The third-order valence-electron chi connectivity index (χ3n) is 5.65. The third-order valence-corrected chi connectivity index (χ3v) is 6.20. The molecule has 0 fully saturated rings. The van der Waals surface area contributed by atoms with Crippen molar-refractivity contribution in [2.24, 2.45) is 5.10 Å². The minimum Gasteiger partial charge on any atom is -0.357 e. The lowest BCUT2D eigenvalue weighted by atomic mass is 9.97. The fourth-order valence-corrected chi connectivity index (χ4v) is 4.50. The van der Waals surface area contributed by atoms with E-state index in [2.05, 4.69) is 27.3 Å². The quantitative estimate of drug-likeness (QED) is 0.465. The van der Waals surface area contributed by atoms with E-state index >= 15 is 0 Å². The number of carbonyl (C=O) groups excluding carboxylic acids is 1. The van der Waals surface area contributed by atoms with Crippen LogP contribution in [-0.4, -0.2) is 52.2 Å². The van der Waals surface area contributed by atoms with Crippen LogP contribution in [0.3, 0.4) is 0 Å². The minimum atomic E-state index is -0.846. The van der Waals surface area contributed by atoms with Crippen LogP contribution < -0.4 is 10.6 Å². The highest BCUT2D eigenvalue weighted by Crippen LogP contribution is 2.31. The van der Waals surface area contributed by atoms with Crippen molar-refractivity contribution in [2.75, 3.05) is 23.9 Å². The lowest BCUT2D eigenvalue weighted by molar-refractivity contribution is -0.119. The zero-order chi connectivity index (χ0) is 25.5. The molecular weight excluding hydrogens is 475 g/mol. The van der Waals surface area contributed by atoms with Gasteiger partial charge in [0, 0.05) is 23.5 Å². The van der Waals surface area contributed by atoms with E-state index in [1.807, 2.05) is 20.1 Å². The summed E-state index contributed by atoms with van der Waals surface area (Å²) in [5, 5.41) is 12.6. The van der Waals surface area contributed by atoms with E-state index in [9.17, 15) is 18.0 Å². The van der Waals surface area contributed by atoms with Crippen molar-refractivity contribution in [1.29, 1.82) is 0 Å². The van der Waals surface area contributed by atoms with Gasteiger partial charge in [-0.25, -0.2) is 13.2 Å². The summed E-state index contributed by atoms with van der Waals surface area (Å²) in [6.07, 6.45) is 4.22. The topological polar surface area (TPSA) is 69.6 Å². The summed E-state index contributed by atoms with van der Waals surface area (Å²) in [7, 11) is 0. The first kappa shape index (κ1) is 26.6. The van der Waals surface area contributed by atoms with Crippen molar-refractivity contribution in [1.82, 2.24) is 15.3 Å². The first-order chi connectivity index (χ1) is 16.8. The second-order valence-electron chi connectivity index (χ2n) is 8.16.